The number of hydrogen-bond acceptors (Lipinski definition) is 4. The number of para-hydroxylation sites is 1. The van der Waals surface area contributed by atoms with Crippen molar-refractivity contribution < 1.29 is 18.7 Å². The van der Waals surface area contributed by atoms with Crippen molar-refractivity contribution in [2.24, 2.45) is 0 Å². The summed E-state index contributed by atoms with van der Waals surface area (Å²) in [4.78, 5) is 27.0. The molecule has 3 aromatic carbocycles. The monoisotopic (exact) mass is 440 g/mol. The van der Waals surface area contributed by atoms with E-state index in [0.717, 1.165) is 11.4 Å². The van der Waals surface area contributed by atoms with Crippen molar-refractivity contribution in [2.45, 2.75) is 6.42 Å². The normalized spacial score (nSPS) is 10.4. The van der Waals surface area contributed by atoms with Crippen LogP contribution in [0.1, 0.15) is 27.3 Å². The third-order valence-corrected chi connectivity index (χ3v) is 4.98. The quantitative estimate of drug-likeness (QED) is 0.347. The Balaban J connectivity index is 1.44. The molecular formula is C27H24N2O4. The molecule has 0 unspecified atom stereocenters. The van der Waals surface area contributed by atoms with Gasteiger partial charge in [0.05, 0.1) is 6.26 Å². The van der Waals surface area contributed by atoms with Crippen molar-refractivity contribution in [3.63, 3.8) is 0 Å². The van der Waals surface area contributed by atoms with Crippen LogP contribution in [0.25, 0.3) is 0 Å². The molecule has 0 aliphatic carbocycles. The Labute approximate surface area is 192 Å². The van der Waals surface area contributed by atoms with E-state index in [-0.39, 0.29) is 17.6 Å². The topological polar surface area (TPSA) is 71.8 Å². The third-order valence-electron chi connectivity index (χ3n) is 4.98. The highest BCUT2D eigenvalue weighted by Crippen LogP contribution is 2.25. The molecule has 0 aliphatic rings. The number of ether oxygens (including phenoxy) is 1. The van der Waals surface area contributed by atoms with Gasteiger partial charge in [-0.15, -0.1) is 0 Å². The van der Waals surface area contributed by atoms with Gasteiger partial charge >= 0.3 is 0 Å². The second-order valence-electron chi connectivity index (χ2n) is 7.32. The molecule has 1 heterocycles. The van der Waals surface area contributed by atoms with Crippen LogP contribution in [0.3, 0.4) is 0 Å². The zero-order valence-corrected chi connectivity index (χ0v) is 18.0. The Bertz CT molecular complexity index is 1160. The van der Waals surface area contributed by atoms with Crippen LogP contribution in [0.15, 0.2) is 108 Å². The Morgan fingerprint density at radius 2 is 1.45 bits per heavy atom. The van der Waals surface area contributed by atoms with Crippen molar-refractivity contribution in [1.29, 1.82) is 0 Å². The SMILES string of the molecule is O=C(NCCCN(C(=O)c1ccccc1)c1ccc(Oc2ccccc2)cc1)c1ccco1. The summed E-state index contributed by atoms with van der Waals surface area (Å²) in [6.45, 7) is 0.846. The molecule has 6 heteroatoms. The number of rotatable bonds is 9. The highest BCUT2D eigenvalue weighted by atomic mass is 16.5. The smallest absolute Gasteiger partial charge is 0.286 e. The minimum absolute atomic E-state index is 0.107. The standard InChI is InChI=1S/C27H24N2O4/c30-26(25-13-7-20-32-25)28-18-8-19-29(27(31)21-9-3-1-4-10-21)22-14-16-24(17-15-22)33-23-11-5-2-6-12-23/h1-7,9-17,20H,8,18-19H2,(H,28,30). The summed E-state index contributed by atoms with van der Waals surface area (Å²) in [6, 6.07) is 29.3. The van der Waals surface area contributed by atoms with Gasteiger partial charge < -0.3 is 19.4 Å². The predicted molar refractivity (Wildman–Crippen MR) is 127 cm³/mol. The molecule has 2 amide bonds. The van der Waals surface area contributed by atoms with Crippen LogP contribution in [0.4, 0.5) is 5.69 Å². The van der Waals surface area contributed by atoms with Crippen LogP contribution in [0, 0.1) is 0 Å². The number of nitrogens with one attached hydrogen (secondary N) is 1. The molecule has 0 saturated carbocycles. The van der Waals surface area contributed by atoms with E-state index in [2.05, 4.69) is 5.32 Å². The van der Waals surface area contributed by atoms with Crippen molar-refractivity contribution in [3.8, 4) is 11.5 Å². The fraction of sp³-hybridized carbons (Fsp3) is 0.111. The summed E-state index contributed by atoms with van der Waals surface area (Å²) < 4.78 is 11.0. The van der Waals surface area contributed by atoms with Gasteiger partial charge in [0, 0.05) is 24.3 Å². The van der Waals surface area contributed by atoms with Gasteiger partial charge in [0.2, 0.25) is 0 Å². The predicted octanol–water partition coefficient (Wildman–Crippen LogP) is 5.54. The van der Waals surface area contributed by atoms with E-state index >= 15 is 0 Å². The number of hydrogen-bond donors (Lipinski definition) is 1. The molecule has 0 spiro atoms. The molecule has 0 radical (unpaired) electrons. The van der Waals surface area contributed by atoms with Gasteiger partial charge in [-0.1, -0.05) is 36.4 Å². The van der Waals surface area contributed by atoms with Crippen LogP contribution < -0.4 is 15.0 Å². The van der Waals surface area contributed by atoms with E-state index in [1.807, 2.05) is 72.8 Å². The van der Waals surface area contributed by atoms with Crippen LogP contribution >= 0.6 is 0 Å². The van der Waals surface area contributed by atoms with Gasteiger partial charge in [0.25, 0.3) is 11.8 Å². The second kappa shape index (κ2) is 10.8. The van der Waals surface area contributed by atoms with E-state index in [0.29, 0.717) is 30.8 Å². The average molecular weight is 440 g/mol. The Hall–Kier alpha value is -4.32. The van der Waals surface area contributed by atoms with E-state index in [4.69, 9.17) is 9.15 Å². The van der Waals surface area contributed by atoms with E-state index < -0.39 is 0 Å². The first kappa shape index (κ1) is 21.9. The fourth-order valence-corrected chi connectivity index (χ4v) is 3.34. The van der Waals surface area contributed by atoms with Crippen molar-refractivity contribution >= 4 is 17.5 Å². The Morgan fingerprint density at radius 3 is 2.12 bits per heavy atom. The molecule has 0 saturated heterocycles. The summed E-state index contributed by atoms with van der Waals surface area (Å²) in [5.74, 6) is 1.31. The summed E-state index contributed by atoms with van der Waals surface area (Å²) in [5.41, 5.74) is 1.35. The number of carbonyl (C=O) groups excluding carboxylic acids is 2. The highest BCUT2D eigenvalue weighted by molar-refractivity contribution is 6.06. The van der Waals surface area contributed by atoms with Gasteiger partial charge in [0.15, 0.2) is 5.76 Å². The van der Waals surface area contributed by atoms with Gasteiger partial charge in [-0.25, -0.2) is 0 Å². The first-order valence-electron chi connectivity index (χ1n) is 10.7. The summed E-state index contributed by atoms with van der Waals surface area (Å²) >= 11 is 0. The van der Waals surface area contributed by atoms with Crippen LogP contribution in [-0.2, 0) is 0 Å². The number of anilines is 1. The van der Waals surface area contributed by atoms with Gasteiger partial charge in [-0.05, 0) is 67.1 Å². The number of amides is 2. The maximum atomic E-state index is 13.2. The van der Waals surface area contributed by atoms with E-state index in [1.165, 1.54) is 6.26 Å². The lowest BCUT2D eigenvalue weighted by Crippen LogP contribution is -2.34. The van der Waals surface area contributed by atoms with Crippen molar-refractivity contribution in [2.75, 3.05) is 18.0 Å². The molecule has 6 nitrogen and oxygen atoms in total. The molecule has 0 atom stereocenters. The minimum atomic E-state index is -0.275. The van der Waals surface area contributed by atoms with E-state index in [1.54, 1.807) is 29.2 Å². The van der Waals surface area contributed by atoms with Gasteiger partial charge in [-0.2, -0.15) is 0 Å². The van der Waals surface area contributed by atoms with Gasteiger partial charge in [0.1, 0.15) is 11.5 Å². The highest BCUT2D eigenvalue weighted by Gasteiger charge is 2.18. The molecule has 0 aliphatic heterocycles. The first-order valence-corrected chi connectivity index (χ1v) is 10.7. The van der Waals surface area contributed by atoms with E-state index in [9.17, 15) is 9.59 Å². The zero-order chi connectivity index (χ0) is 22.9. The second-order valence-corrected chi connectivity index (χ2v) is 7.32. The van der Waals surface area contributed by atoms with Crippen molar-refractivity contribution in [1.82, 2.24) is 5.32 Å². The molecule has 33 heavy (non-hydrogen) atoms. The number of nitrogens with zero attached hydrogens (tertiary/aromatic N) is 1. The lowest BCUT2D eigenvalue weighted by molar-refractivity contribution is 0.0926. The first-order chi connectivity index (χ1) is 16.2. The number of carbonyl (C=O) groups is 2. The largest absolute Gasteiger partial charge is 0.459 e. The lowest BCUT2D eigenvalue weighted by Gasteiger charge is -2.23. The van der Waals surface area contributed by atoms with Crippen molar-refractivity contribution in [3.05, 3.63) is 115 Å². The molecule has 1 N–H and O–H groups in total. The molecular weight excluding hydrogens is 416 g/mol. The third kappa shape index (κ3) is 5.89. The average Bonchev–Trinajstić information content (AvgIpc) is 3.41. The fourth-order valence-electron chi connectivity index (χ4n) is 3.34. The maximum absolute atomic E-state index is 13.2. The minimum Gasteiger partial charge on any atom is -0.459 e. The summed E-state index contributed by atoms with van der Waals surface area (Å²) in [7, 11) is 0. The molecule has 0 bridgehead atoms. The molecule has 1 aromatic heterocycles. The van der Waals surface area contributed by atoms with Crippen LogP contribution in [0.2, 0.25) is 0 Å². The lowest BCUT2D eigenvalue weighted by atomic mass is 10.1. The maximum Gasteiger partial charge on any atom is 0.286 e. The summed E-state index contributed by atoms with van der Waals surface area (Å²) in [5, 5.41) is 2.82. The zero-order valence-electron chi connectivity index (χ0n) is 18.0. The molecule has 0 fully saturated rings. The van der Waals surface area contributed by atoms with Crippen LogP contribution in [-0.4, -0.2) is 24.9 Å². The van der Waals surface area contributed by atoms with Crippen LogP contribution in [0.5, 0.6) is 11.5 Å². The summed E-state index contributed by atoms with van der Waals surface area (Å²) in [6.07, 6.45) is 2.04. The molecule has 166 valence electrons. The number of furan rings is 1. The molecule has 4 rings (SSSR count). The molecule has 4 aromatic rings. The Kier molecular flexibility index (Phi) is 7.18. The Morgan fingerprint density at radius 1 is 0.788 bits per heavy atom. The van der Waals surface area contributed by atoms with Gasteiger partial charge in [-0.3, -0.25) is 9.59 Å². The number of benzene rings is 3.